The molecule has 2 heteroatoms. The molecule has 0 fully saturated rings. The van der Waals surface area contributed by atoms with Crippen LogP contribution in [0.1, 0.15) is 5.56 Å². The molecule has 0 aliphatic heterocycles. The number of aromatic nitrogens is 1. The van der Waals surface area contributed by atoms with Gasteiger partial charge < -0.3 is 0 Å². The van der Waals surface area contributed by atoms with Crippen LogP contribution in [-0.2, 0) is 0 Å². The Morgan fingerprint density at radius 2 is 1.30 bits per heavy atom. The van der Waals surface area contributed by atoms with Crippen molar-refractivity contribution in [2.24, 2.45) is 0 Å². The van der Waals surface area contributed by atoms with E-state index >= 15 is 0 Å². The van der Waals surface area contributed by atoms with Crippen LogP contribution in [0.25, 0.3) is 22.5 Å². The van der Waals surface area contributed by atoms with Crippen LogP contribution in [0.2, 0.25) is 0 Å². The molecule has 3 aromatic rings. The molecule has 0 saturated carbocycles. The number of nitrogens with zero attached hydrogens (tertiary/aromatic N) is 2. The minimum Gasteiger partial charge on any atom is -0.246 e. The van der Waals surface area contributed by atoms with Gasteiger partial charge in [0.2, 0.25) is 0 Å². The van der Waals surface area contributed by atoms with E-state index < -0.39 is 0 Å². The standard InChI is InChI=1S/C18H12N2/c19-13-16-11-12-17(14-7-3-1-4-8-14)20-18(16)15-9-5-2-6-10-15/h1-12H. The summed E-state index contributed by atoms with van der Waals surface area (Å²) >= 11 is 0. The highest BCUT2D eigenvalue weighted by Gasteiger charge is 2.08. The highest BCUT2D eigenvalue weighted by Crippen LogP contribution is 2.25. The van der Waals surface area contributed by atoms with E-state index in [-0.39, 0.29) is 0 Å². The number of nitriles is 1. The summed E-state index contributed by atoms with van der Waals surface area (Å²) in [4.78, 5) is 4.66. The van der Waals surface area contributed by atoms with Gasteiger partial charge in [0.25, 0.3) is 0 Å². The third kappa shape index (κ3) is 2.30. The molecule has 94 valence electrons. The zero-order chi connectivity index (χ0) is 13.8. The Balaban J connectivity index is 2.16. The summed E-state index contributed by atoms with van der Waals surface area (Å²) in [6.07, 6.45) is 0. The predicted octanol–water partition coefficient (Wildman–Crippen LogP) is 4.29. The summed E-state index contributed by atoms with van der Waals surface area (Å²) in [7, 11) is 0. The van der Waals surface area contributed by atoms with Crippen LogP contribution in [0.3, 0.4) is 0 Å². The van der Waals surface area contributed by atoms with E-state index in [4.69, 9.17) is 0 Å². The Morgan fingerprint density at radius 1 is 0.700 bits per heavy atom. The normalized spacial score (nSPS) is 9.95. The molecule has 1 aromatic heterocycles. The highest BCUT2D eigenvalue weighted by atomic mass is 14.7. The van der Waals surface area contributed by atoms with E-state index in [0.29, 0.717) is 5.56 Å². The molecular formula is C18H12N2. The van der Waals surface area contributed by atoms with Crippen molar-refractivity contribution in [3.63, 3.8) is 0 Å². The molecule has 0 N–H and O–H groups in total. The molecule has 0 radical (unpaired) electrons. The lowest BCUT2D eigenvalue weighted by molar-refractivity contribution is 1.30. The smallest absolute Gasteiger partial charge is 0.101 e. The summed E-state index contributed by atoms with van der Waals surface area (Å²) in [5, 5.41) is 9.25. The second kappa shape index (κ2) is 5.38. The Morgan fingerprint density at radius 3 is 1.90 bits per heavy atom. The largest absolute Gasteiger partial charge is 0.246 e. The summed E-state index contributed by atoms with van der Waals surface area (Å²) in [5.74, 6) is 0. The maximum atomic E-state index is 9.25. The van der Waals surface area contributed by atoms with Gasteiger partial charge in [0.05, 0.1) is 17.0 Å². The number of hydrogen-bond donors (Lipinski definition) is 0. The monoisotopic (exact) mass is 256 g/mol. The van der Waals surface area contributed by atoms with E-state index in [0.717, 1.165) is 22.5 Å². The average molecular weight is 256 g/mol. The van der Waals surface area contributed by atoms with Crippen LogP contribution in [-0.4, -0.2) is 4.98 Å². The van der Waals surface area contributed by atoms with Crippen molar-refractivity contribution in [2.45, 2.75) is 0 Å². The zero-order valence-corrected chi connectivity index (χ0v) is 10.8. The van der Waals surface area contributed by atoms with Crippen LogP contribution >= 0.6 is 0 Å². The van der Waals surface area contributed by atoms with E-state index in [1.165, 1.54) is 0 Å². The van der Waals surface area contributed by atoms with Gasteiger partial charge in [-0.05, 0) is 12.1 Å². The van der Waals surface area contributed by atoms with E-state index in [2.05, 4.69) is 11.1 Å². The molecular weight excluding hydrogens is 244 g/mol. The van der Waals surface area contributed by atoms with E-state index in [1.54, 1.807) is 0 Å². The first-order valence-corrected chi connectivity index (χ1v) is 6.40. The van der Waals surface area contributed by atoms with Crippen molar-refractivity contribution < 1.29 is 0 Å². The quantitative estimate of drug-likeness (QED) is 0.686. The SMILES string of the molecule is N#Cc1ccc(-c2ccccc2)nc1-c1ccccc1. The van der Waals surface area contributed by atoms with Crippen molar-refractivity contribution in [2.75, 3.05) is 0 Å². The van der Waals surface area contributed by atoms with Gasteiger partial charge in [-0.15, -0.1) is 0 Å². The van der Waals surface area contributed by atoms with Crippen molar-refractivity contribution in [1.82, 2.24) is 4.98 Å². The lowest BCUT2D eigenvalue weighted by Gasteiger charge is -2.07. The first-order chi connectivity index (χ1) is 9.88. The van der Waals surface area contributed by atoms with Crippen LogP contribution in [0, 0.1) is 11.3 Å². The lowest BCUT2D eigenvalue weighted by Crippen LogP contribution is -1.92. The second-order valence-corrected chi connectivity index (χ2v) is 4.44. The van der Waals surface area contributed by atoms with Gasteiger partial charge in [-0.25, -0.2) is 4.98 Å². The van der Waals surface area contributed by atoms with Crippen molar-refractivity contribution in [3.8, 4) is 28.6 Å². The van der Waals surface area contributed by atoms with Gasteiger partial charge in [0.15, 0.2) is 0 Å². The zero-order valence-electron chi connectivity index (χ0n) is 10.8. The third-order valence-electron chi connectivity index (χ3n) is 3.13. The van der Waals surface area contributed by atoms with Gasteiger partial charge >= 0.3 is 0 Å². The molecule has 0 spiro atoms. The average Bonchev–Trinajstić information content (AvgIpc) is 2.56. The first kappa shape index (κ1) is 12.1. The molecule has 0 saturated heterocycles. The van der Waals surface area contributed by atoms with Gasteiger partial charge in [0.1, 0.15) is 6.07 Å². The van der Waals surface area contributed by atoms with Gasteiger partial charge in [-0.2, -0.15) is 5.26 Å². The Hall–Kier alpha value is -2.92. The minimum absolute atomic E-state index is 0.593. The van der Waals surface area contributed by atoms with Crippen molar-refractivity contribution in [3.05, 3.63) is 78.4 Å². The molecule has 2 nitrogen and oxygen atoms in total. The van der Waals surface area contributed by atoms with Crippen molar-refractivity contribution in [1.29, 1.82) is 5.26 Å². The van der Waals surface area contributed by atoms with Crippen LogP contribution in [0.4, 0.5) is 0 Å². The molecule has 0 bridgehead atoms. The molecule has 0 amide bonds. The number of pyridine rings is 1. The predicted molar refractivity (Wildman–Crippen MR) is 79.8 cm³/mol. The topological polar surface area (TPSA) is 36.7 Å². The fourth-order valence-corrected chi connectivity index (χ4v) is 2.14. The molecule has 20 heavy (non-hydrogen) atoms. The first-order valence-electron chi connectivity index (χ1n) is 6.40. The Kier molecular flexibility index (Phi) is 3.26. The summed E-state index contributed by atoms with van der Waals surface area (Å²) in [6, 6.07) is 25.7. The molecule has 0 atom stereocenters. The van der Waals surface area contributed by atoms with Crippen molar-refractivity contribution >= 4 is 0 Å². The van der Waals surface area contributed by atoms with Crippen LogP contribution < -0.4 is 0 Å². The Labute approximate surface area is 118 Å². The number of hydrogen-bond acceptors (Lipinski definition) is 2. The molecule has 0 aliphatic rings. The Bertz CT molecular complexity index is 756. The van der Waals surface area contributed by atoms with E-state index in [1.807, 2.05) is 72.8 Å². The fraction of sp³-hybridized carbons (Fsp3) is 0. The molecule has 2 aromatic carbocycles. The minimum atomic E-state index is 0.593. The van der Waals surface area contributed by atoms with Crippen LogP contribution in [0.5, 0.6) is 0 Å². The lowest BCUT2D eigenvalue weighted by atomic mass is 10.0. The number of rotatable bonds is 2. The van der Waals surface area contributed by atoms with E-state index in [9.17, 15) is 5.26 Å². The molecule has 1 heterocycles. The summed E-state index contributed by atoms with van der Waals surface area (Å²) < 4.78 is 0. The summed E-state index contributed by atoms with van der Waals surface area (Å²) in [5.41, 5.74) is 4.21. The number of benzene rings is 2. The molecule has 3 rings (SSSR count). The van der Waals surface area contributed by atoms with Crippen LogP contribution in [0.15, 0.2) is 72.8 Å². The highest BCUT2D eigenvalue weighted by molar-refractivity contribution is 5.71. The second-order valence-electron chi connectivity index (χ2n) is 4.44. The molecule has 0 unspecified atom stereocenters. The van der Waals surface area contributed by atoms with Gasteiger partial charge in [-0.3, -0.25) is 0 Å². The molecule has 0 aliphatic carbocycles. The van der Waals surface area contributed by atoms with Gasteiger partial charge in [0, 0.05) is 11.1 Å². The van der Waals surface area contributed by atoms with Gasteiger partial charge in [-0.1, -0.05) is 60.7 Å². The summed E-state index contributed by atoms with van der Waals surface area (Å²) in [6.45, 7) is 0. The third-order valence-corrected chi connectivity index (χ3v) is 3.13. The maximum Gasteiger partial charge on any atom is 0.101 e. The fourth-order valence-electron chi connectivity index (χ4n) is 2.14. The maximum absolute atomic E-state index is 9.25.